The topological polar surface area (TPSA) is 94.2 Å². The highest BCUT2D eigenvalue weighted by Gasteiger charge is 2.22. The van der Waals surface area contributed by atoms with Crippen LogP contribution >= 0.6 is 0 Å². The molecule has 3 aromatic rings. The van der Waals surface area contributed by atoms with Crippen LogP contribution in [-0.4, -0.2) is 69.8 Å². The highest BCUT2D eigenvalue weighted by atomic mass is 16.2. The van der Waals surface area contributed by atoms with E-state index in [1.54, 1.807) is 16.0 Å². The number of amides is 2. The van der Waals surface area contributed by atoms with Crippen LogP contribution in [0, 0.1) is 0 Å². The Morgan fingerprint density at radius 1 is 1.14 bits per heavy atom. The van der Waals surface area contributed by atoms with Crippen molar-refractivity contribution in [3.05, 3.63) is 54.1 Å². The predicted octanol–water partition coefficient (Wildman–Crippen LogP) is 1.53. The summed E-state index contributed by atoms with van der Waals surface area (Å²) in [5.74, 6) is 0.491. The summed E-state index contributed by atoms with van der Waals surface area (Å²) >= 11 is 0. The second-order valence-electron chi connectivity index (χ2n) is 6.76. The normalized spacial score (nSPS) is 14.3. The van der Waals surface area contributed by atoms with Crippen molar-refractivity contribution >= 4 is 29.0 Å². The number of carbonyl (C=O) groups excluding carboxylic acids is 2. The van der Waals surface area contributed by atoms with Crippen LogP contribution in [0.2, 0.25) is 0 Å². The smallest absolute Gasteiger partial charge is 0.274 e. The molecule has 4 rings (SSSR count). The van der Waals surface area contributed by atoms with E-state index in [0.717, 1.165) is 24.9 Å². The SMILES string of the molecule is O=CN1CCN(C(=O)c2cnc(NCCc3c[nH]c4ccccc34)cn2)CC1. The first-order chi connectivity index (χ1) is 13.7. The van der Waals surface area contributed by atoms with Crippen molar-refractivity contribution in [2.24, 2.45) is 0 Å². The molecule has 0 radical (unpaired) electrons. The van der Waals surface area contributed by atoms with Crippen LogP contribution in [0.3, 0.4) is 0 Å². The molecule has 1 aliphatic rings. The second-order valence-corrected chi connectivity index (χ2v) is 6.76. The molecule has 28 heavy (non-hydrogen) atoms. The number of nitrogens with zero attached hydrogens (tertiary/aromatic N) is 4. The Morgan fingerprint density at radius 2 is 1.96 bits per heavy atom. The third-order valence-electron chi connectivity index (χ3n) is 5.00. The highest BCUT2D eigenvalue weighted by Crippen LogP contribution is 2.18. The lowest BCUT2D eigenvalue weighted by molar-refractivity contribution is -0.119. The average molecular weight is 378 g/mol. The van der Waals surface area contributed by atoms with Crippen molar-refractivity contribution in [3.63, 3.8) is 0 Å². The van der Waals surface area contributed by atoms with Crippen LogP contribution in [0.5, 0.6) is 0 Å². The summed E-state index contributed by atoms with van der Waals surface area (Å²) in [6.45, 7) is 2.86. The average Bonchev–Trinajstić information content (AvgIpc) is 3.17. The van der Waals surface area contributed by atoms with Crippen molar-refractivity contribution in [2.75, 3.05) is 38.0 Å². The lowest BCUT2D eigenvalue weighted by atomic mass is 10.1. The van der Waals surface area contributed by atoms with Gasteiger partial charge in [-0.25, -0.2) is 9.97 Å². The first-order valence-corrected chi connectivity index (χ1v) is 9.34. The maximum absolute atomic E-state index is 12.5. The Balaban J connectivity index is 1.31. The molecule has 1 saturated heterocycles. The molecular weight excluding hydrogens is 356 g/mol. The van der Waals surface area contributed by atoms with Gasteiger partial charge < -0.3 is 20.1 Å². The van der Waals surface area contributed by atoms with Crippen LogP contribution in [0.25, 0.3) is 10.9 Å². The zero-order valence-corrected chi connectivity index (χ0v) is 15.5. The third-order valence-corrected chi connectivity index (χ3v) is 5.00. The summed E-state index contributed by atoms with van der Waals surface area (Å²) in [6, 6.07) is 8.22. The van der Waals surface area contributed by atoms with Crippen molar-refractivity contribution in [1.82, 2.24) is 24.8 Å². The summed E-state index contributed by atoms with van der Waals surface area (Å²) < 4.78 is 0. The van der Waals surface area contributed by atoms with Crippen LogP contribution in [-0.2, 0) is 11.2 Å². The molecule has 0 bridgehead atoms. The molecule has 2 N–H and O–H groups in total. The number of hydrogen-bond donors (Lipinski definition) is 2. The summed E-state index contributed by atoms with van der Waals surface area (Å²) in [5.41, 5.74) is 2.70. The molecule has 0 atom stereocenters. The van der Waals surface area contributed by atoms with Gasteiger partial charge in [0, 0.05) is 49.8 Å². The zero-order valence-electron chi connectivity index (χ0n) is 15.5. The molecule has 0 spiro atoms. The van der Waals surface area contributed by atoms with Gasteiger partial charge in [-0.1, -0.05) is 18.2 Å². The summed E-state index contributed by atoms with van der Waals surface area (Å²) in [4.78, 5) is 38.5. The van der Waals surface area contributed by atoms with Crippen molar-refractivity contribution in [3.8, 4) is 0 Å². The van der Waals surface area contributed by atoms with Crippen LogP contribution < -0.4 is 5.32 Å². The molecule has 8 heteroatoms. The van der Waals surface area contributed by atoms with Gasteiger partial charge in [0.1, 0.15) is 11.5 Å². The standard InChI is InChI=1S/C20H22N6O2/c27-14-25-7-9-26(10-8-25)20(28)18-12-24-19(13-23-18)21-6-5-15-11-22-17-4-2-1-3-16(15)17/h1-4,11-14,22H,5-10H2,(H,21,24). The maximum atomic E-state index is 12.5. The van der Waals surface area contributed by atoms with E-state index < -0.39 is 0 Å². The molecule has 2 aromatic heterocycles. The molecule has 1 fully saturated rings. The van der Waals surface area contributed by atoms with Crippen LogP contribution in [0.15, 0.2) is 42.9 Å². The second kappa shape index (κ2) is 8.08. The number of rotatable bonds is 6. The van der Waals surface area contributed by atoms with Gasteiger partial charge in [0.05, 0.1) is 12.4 Å². The maximum Gasteiger partial charge on any atom is 0.274 e. The Labute approximate surface area is 162 Å². The Bertz CT molecular complexity index is 960. The van der Waals surface area contributed by atoms with Gasteiger partial charge in [0.15, 0.2) is 0 Å². The number of nitrogens with one attached hydrogen (secondary N) is 2. The number of aromatic nitrogens is 3. The van der Waals surface area contributed by atoms with E-state index in [1.165, 1.54) is 17.1 Å². The summed E-state index contributed by atoms with van der Waals surface area (Å²) in [6.07, 6.45) is 6.79. The van der Waals surface area contributed by atoms with Crippen molar-refractivity contribution in [2.45, 2.75) is 6.42 Å². The fourth-order valence-electron chi connectivity index (χ4n) is 3.39. The monoisotopic (exact) mass is 378 g/mol. The third kappa shape index (κ3) is 3.80. The number of carbonyl (C=O) groups is 2. The molecule has 0 aliphatic carbocycles. The van der Waals surface area contributed by atoms with Crippen molar-refractivity contribution < 1.29 is 9.59 Å². The van der Waals surface area contributed by atoms with E-state index in [0.29, 0.717) is 37.7 Å². The predicted molar refractivity (Wildman–Crippen MR) is 106 cm³/mol. The van der Waals surface area contributed by atoms with E-state index >= 15 is 0 Å². The van der Waals surface area contributed by atoms with Crippen LogP contribution in [0.4, 0.5) is 5.82 Å². The molecule has 1 aliphatic heterocycles. The van der Waals surface area contributed by atoms with Crippen LogP contribution in [0.1, 0.15) is 16.1 Å². The fraction of sp³-hybridized carbons (Fsp3) is 0.300. The number of aromatic amines is 1. The van der Waals surface area contributed by atoms with E-state index in [9.17, 15) is 9.59 Å². The highest BCUT2D eigenvalue weighted by molar-refractivity contribution is 5.92. The first-order valence-electron chi connectivity index (χ1n) is 9.34. The molecule has 1 aromatic carbocycles. The minimum Gasteiger partial charge on any atom is -0.368 e. The van der Waals surface area contributed by atoms with E-state index in [-0.39, 0.29) is 5.91 Å². The lowest BCUT2D eigenvalue weighted by Crippen LogP contribution is -2.48. The van der Waals surface area contributed by atoms with E-state index in [4.69, 9.17) is 0 Å². The Morgan fingerprint density at radius 3 is 2.71 bits per heavy atom. The van der Waals surface area contributed by atoms with Gasteiger partial charge in [0.2, 0.25) is 6.41 Å². The Hall–Kier alpha value is -3.42. The van der Waals surface area contributed by atoms with E-state index in [1.807, 2.05) is 18.3 Å². The summed E-state index contributed by atoms with van der Waals surface area (Å²) in [5, 5.41) is 4.48. The summed E-state index contributed by atoms with van der Waals surface area (Å²) in [7, 11) is 0. The number of H-pyrrole nitrogens is 1. The van der Waals surface area contributed by atoms with Gasteiger partial charge in [-0.3, -0.25) is 9.59 Å². The molecule has 2 amide bonds. The van der Waals surface area contributed by atoms with Gasteiger partial charge >= 0.3 is 0 Å². The molecule has 3 heterocycles. The first kappa shape index (κ1) is 18.0. The lowest BCUT2D eigenvalue weighted by Gasteiger charge is -2.32. The van der Waals surface area contributed by atoms with Crippen molar-refractivity contribution in [1.29, 1.82) is 0 Å². The zero-order chi connectivity index (χ0) is 19.3. The Kier molecular flexibility index (Phi) is 5.18. The van der Waals surface area contributed by atoms with Gasteiger partial charge in [-0.2, -0.15) is 0 Å². The quantitative estimate of drug-likeness (QED) is 0.635. The molecule has 144 valence electrons. The number of para-hydroxylation sites is 1. The van der Waals surface area contributed by atoms with Gasteiger partial charge in [0.25, 0.3) is 5.91 Å². The fourth-order valence-corrected chi connectivity index (χ4v) is 3.39. The minimum atomic E-state index is -0.150. The van der Waals surface area contributed by atoms with Gasteiger partial charge in [-0.05, 0) is 18.1 Å². The van der Waals surface area contributed by atoms with Gasteiger partial charge in [-0.15, -0.1) is 0 Å². The number of benzene rings is 1. The number of anilines is 1. The number of hydrogen-bond acceptors (Lipinski definition) is 5. The number of piperazine rings is 1. The molecular formula is C20H22N6O2. The molecule has 0 unspecified atom stereocenters. The van der Waals surface area contributed by atoms with E-state index in [2.05, 4.69) is 32.4 Å². The molecule has 8 nitrogen and oxygen atoms in total. The number of fused-ring (bicyclic) bond motifs is 1. The minimum absolute atomic E-state index is 0.150. The largest absolute Gasteiger partial charge is 0.368 e. The molecule has 0 saturated carbocycles.